The van der Waals surface area contributed by atoms with Crippen LogP contribution in [0.1, 0.15) is 6.42 Å². The van der Waals surface area contributed by atoms with Crippen molar-refractivity contribution in [3.8, 4) is 0 Å². The number of hydrogen-bond donors (Lipinski definition) is 2. The maximum atomic E-state index is 4.34. The topological polar surface area (TPSA) is 60.1 Å². The molecule has 2 N–H and O–H groups in total. The summed E-state index contributed by atoms with van der Waals surface area (Å²) in [6.07, 6.45) is 6.81. The van der Waals surface area contributed by atoms with Crippen molar-refractivity contribution in [2.75, 3.05) is 49.5 Å². The van der Waals surface area contributed by atoms with E-state index in [0.29, 0.717) is 0 Å². The molecule has 25 heavy (non-hydrogen) atoms. The minimum atomic E-state index is 0.849. The van der Waals surface area contributed by atoms with Crippen LogP contribution >= 0.6 is 0 Å². The van der Waals surface area contributed by atoms with E-state index >= 15 is 0 Å². The van der Waals surface area contributed by atoms with Crippen molar-refractivity contribution >= 4 is 22.5 Å². The molecule has 6 nitrogen and oxygen atoms in total. The van der Waals surface area contributed by atoms with Gasteiger partial charge in [-0.05, 0) is 19.0 Å². The van der Waals surface area contributed by atoms with Gasteiger partial charge in [0.1, 0.15) is 5.82 Å². The standard InChI is InChI=1S/C19H24N6/c1-2-6-17-16(5-1)15-23-18(17)20-9-4-10-24-11-13-25(14-12-24)19-21-7-3-8-22-19/h1-3,5-8,15,20,23H,4,9-14H2. The number of H-pyrrole nitrogens is 1. The number of nitrogens with one attached hydrogen (secondary N) is 2. The average Bonchev–Trinajstić information content (AvgIpc) is 3.10. The number of nitrogens with zero attached hydrogens (tertiary/aromatic N) is 4. The minimum absolute atomic E-state index is 0.849. The highest BCUT2D eigenvalue weighted by molar-refractivity contribution is 5.92. The maximum Gasteiger partial charge on any atom is 0.225 e. The van der Waals surface area contributed by atoms with Gasteiger partial charge in [0.15, 0.2) is 0 Å². The fourth-order valence-electron chi connectivity index (χ4n) is 3.37. The molecule has 0 aliphatic carbocycles. The molecular weight excluding hydrogens is 312 g/mol. The van der Waals surface area contributed by atoms with Crippen LogP contribution in [0.15, 0.2) is 48.9 Å². The summed E-state index contributed by atoms with van der Waals surface area (Å²) >= 11 is 0. The molecule has 0 atom stereocenters. The van der Waals surface area contributed by atoms with Gasteiger partial charge in [0, 0.05) is 62.1 Å². The SMILES string of the molecule is c1cnc(N2CCN(CCCNc3[nH]cc4ccccc34)CC2)nc1. The number of benzene rings is 1. The lowest BCUT2D eigenvalue weighted by atomic mass is 10.2. The molecule has 1 fully saturated rings. The third-order valence-corrected chi connectivity index (χ3v) is 4.76. The van der Waals surface area contributed by atoms with Crippen LogP contribution < -0.4 is 10.2 Å². The molecule has 0 spiro atoms. The van der Waals surface area contributed by atoms with Crippen molar-refractivity contribution in [2.45, 2.75) is 6.42 Å². The molecule has 1 aliphatic rings. The van der Waals surface area contributed by atoms with E-state index in [4.69, 9.17) is 0 Å². The van der Waals surface area contributed by atoms with E-state index < -0.39 is 0 Å². The summed E-state index contributed by atoms with van der Waals surface area (Å²) < 4.78 is 0. The molecule has 4 rings (SSSR count). The fraction of sp³-hybridized carbons (Fsp3) is 0.368. The Labute approximate surface area is 147 Å². The van der Waals surface area contributed by atoms with E-state index in [1.54, 1.807) is 0 Å². The molecule has 0 amide bonds. The zero-order valence-corrected chi connectivity index (χ0v) is 14.4. The van der Waals surface area contributed by atoms with Gasteiger partial charge in [-0.25, -0.2) is 9.97 Å². The van der Waals surface area contributed by atoms with Crippen molar-refractivity contribution in [1.29, 1.82) is 0 Å². The molecule has 1 saturated heterocycles. The minimum Gasteiger partial charge on any atom is -0.371 e. The Morgan fingerprint density at radius 1 is 1.00 bits per heavy atom. The predicted octanol–water partition coefficient (Wildman–Crippen LogP) is 2.58. The first kappa shape index (κ1) is 15.9. The molecule has 0 radical (unpaired) electrons. The molecule has 6 heteroatoms. The zero-order chi connectivity index (χ0) is 16.9. The van der Waals surface area contributed by atoms with Crippen LogP contribution in [0.2, 0.25) is 0 Å². The van der Waals surface area contributed by atoms with Gasteiger partial charge in [-0.15, -0.1) is 0 Å². The summed E-state index contributed by atoms with van der Waals surface area (Å²) in [5.74, 6) is 1.98. The third kappa shape index (κ3) is 3.74. The van der Waals surface area contributed by atoms with Gasteiger partial charge in [0.25, 0.3) is 0 Å². The lowest BCUT2D eigenvalue weighted by molar-refractivity contribution is 0.256. The van der Waals surface area contributed by atoms with Crippen molar-refractivity contribution in [3.63, 3.8) is 0 Å². The Kier molecular flexibility index (Phi) is 4.79. The number of anilines is 2. The summed E-state index contributed by atoms with van der Waals surface area (Å²) in [6, 6.07) is 10.3. The second-order valence-corrected chi connectivity index (χ2v) is 6.41. The Hall–Kier alpha value is -2.60. The van der Waals surface area contributed by atoms with Crippen LogP contribution in [0.5, 0.6) is 0 Å². The number of piperazine rings is 1. The van der Waals surface area contributed by atoms with E-state index in [0.717, 1.165) is 57.5 Å². The summed E-state index contributed by atoms with van der Waals surface area (Å²) in [4.78, 5) is 16.8. The number of fused-ring (bicyclic) bond motifs is 1. The first-order valence-electron chi connectivity index (χ1n) is 8.94. The van der Waals surface area contributed by atoms with Gasteiger partial charge < -0.3 is 15.2 Å². The van der Waals surface area contributed by atoms with Gasteiger partial charge in [-0.1, -0.05) is 24.3 Å². The predicted molar refractivity (Wildman–Crippen MR) is 102 cm³/mol. The lowest BCUT2D eigenvalue weighted by Gasteiger charge is -2.34. The number of rotatable bonds is 6. The van der Waals surface area contributed by atoms with Crippen LogP contribution in [0.4, 0.5) is 11.8 Å². The maximum absolute atomic E-state index is 4.34. The van der Waals surface area contributed by atoms with E-state index in [2.05, 4.69) is 60.5 Å². The molecule has 2 aromatic heterocycles. The second kappa shape index (κ2) is 7.53. The Morgan fingerprint density at radius 2 is 1.80 bits per heavy atom. The fourth-order valence-corrected chi connectivity index (χ4v) is 3.37. The molecule has 3 heterocycles. The van der Waals surface area contributed by atoms with Crippen LogP contribution in [-0.4, -0.2) is 59.1 Å². The van der Waals surface area contributed by atoms with Crippen molar-refractivity contribution in [2.24, 2.45) is 0 Å². The van der Waals surface area contributed by atoms with E-state index in [1.807, 2.05) is 18.5 Å². The number of hydrogen-bond acceptors (Lipinski definition) is 5. The first-order chi connectivity index (χ1) is 12.4. The second-order valence-electron chi connectivity index (χ2n) is 6.41. The van der Waals surface area contributed by atoms with Crippen LogP contribution in [0.3, 0.4) is 0 Å². The van der Waals surface area contributed by atoms with Crippen molar-refractivity contribution in [1.82, 2.24) is 19.9 Å². The van der Waals surface area contributed by atoms with Crippen molar-refractivity contribution < 1.29 is 0 Å². The van der Waals surface area contributed by atoms with E-state index in [-0.39, 0.29) is 0 Å². The normalized spacial score (nSPS) is 15.6. The van der Waals surface area contributed by atoms with Gasteiger partial charge in [-0.2, -0.15) is 0 Å². The van der Waals surface area contributed by atoms with Crippen LogP contribution in [0, 0.1) is 0 Å². The largest absolute Gasteiger partial charge is 0.371 e. The Morgan fingerprint density at radius 3 is 2.64 bits per heavy atom. The van der Waals surface area contributed by atoms with Crippen molar-refractivity contribution in [3.05, 3.63) is 48.9 Å². The first-order valence-corrected chi connectivity index (χ1v) is 8.94. The molecule has 1 aliphatic heterocycles. The molecule has 0 unspecified atom stereocenters. The smallest absolute Gasteiger partial charge is 0.225 e. The molecule has 0 bridgehead atoms. The van der Waals surface area contributed by atoms with E-state index in [1.165, 1.54) is 10.8 Å². The highest BCUT2D eigenvalue weighted by atomic mass is 15.3. The van der Waals surface area contributed by atoms with Crippen LogP contribution in [0.25, 0.3) is 10.8 Å². The van der Waals surface area contributed by atoms with Gasteiger partial charge in [0.2, 0.25) is 5.95 Å². The van der Waals surface area contributed by atoms with Gasteiger partial charge in [-0.3, -0.25) is 4.90 Å². The summed E-state index contributed by atoms with van der Waals surface area (Å²) in [7, 11) is 0. The average molecular weight is 336 g/mol. The highest BCUT2D eigenvalue weighted by Gasteiger charge is 2.18. The monoisotopic (exact) mass is 336 g/mol. The quantitative estimate of drug-likeness (QED) is 0.678. The summed E-state index contributed by atoms with van der Waals surface area (Å²) in [5.41, 5.74) is 0. The molecule has 130 valence electrons. The number of aromatic amines is 1. The van der Waals surface area contributed by atoms with E-state index in [9.17, 15) is 0 Å². The molecule has 1 aromatic carbocycles. The summed E-state index contributed by atoms with van der Waals surface area (Å²) in [6.45, 7) is 6.24. The Bertz CT molecular complexity index is 792. The lowest BCUT2D eigenvalue weighted by Crippen LogP contribution is -2.47. The van der Waals surface area contributed by atoms with Gasteiger partial charge in [0.05, 0.1) is 0 Å². The Balaban J connectivity index is 1.20. The molecular formula is C19H24N6. The summed E-state index contributed by atoms with van der Waals surface area (Å²) in [5, 5.41) is 6.05. The third-order valence-electron chi connectivity index (χ3n) is 4.76. The molecule has 0 saturated carbocycles. The zero-order valence-electron chi connectivity index (χ0n) is 14.4. The number of aromatic nitrogens is 3. The highest BCUT2D eigenvalue weighted by Crippen LogP contribution is 2.21. The molecule has 3 aromatic rings. The van der Waals surface area contributed by atoms with Gasteiger partial charge >= 0.3 is 0 Å². The van der Waals surface area contributed by atoms with Crippen LogP contribution in [-0.2, 0) is 0 Å².